The molecule has 1 saturated heterocycles. The Morgan fingerprint density at radius 3 is 2.52 bits per heavy atom. The number of hydrogen-bond donors (Lipinski definition) is 1. The van der Waals surface area contributed by atoms with E-state index < -0.39 is 22.8 Å². The van der Waals surface area contributed by atoms with Crippen LogP contribution in [0.15, 0.2) is 29.2 Å². The maximum absolute atomic E-state index is 12.6. The lowest BCUT2D eigenvalue weighted by atomic mass is 10.1. The van der Waals surface area contributed by atoms with Gasteiger partial charge in [-0.15, -0.1) is 0 Å². The van der Waals surface area contributed by atoms with Crippen LogP contribution in [0.2, 0.25) is 0 Å². The lowest BCUT2D eigenvalue weighted by molar-refractivity contribution is -0.153. The molecule has 1 aromatic carbocycles. The van der Waals surface area contributed by atoms with Crippen LogP contribution in [0.5, 0.6) is 5.75 Å². The number of alkyl halides is 3. The lowest BCUT2D eigenvalue weighted by Crippen LogP contribution is -2.46. The second kappa shape index (κ2) is 7.06. The summed E-state index contributed by atoms with van der Waals surface area (Å²) in [5, 5.41) is 3.06. The van der Waals surface area contributed by atoms with Crippen molar-refractivity contribution in [2.24, 2.45) is 0 Å². The van der Waals surface area contributed by atoms with E-state index in [4.69, 9.17) is 0 Å². The Morgan fingerprint density at radius 2 is 1.96 bits per heavy atom. The van der Waals surface area contributed by atoms with Crippen molar-refractivity contribution in [3.63, 3.8) is 0 Å². The van der Waals surface area contributed by atoms with Gasteiger partial charge in [-0.05, 0) is 44.2 Å². The Hall–Kier alpha value is -1.32. The maximum Gasteiger partial charge on any atom is 0.422 e. The van der Waals surface area contributed by atoms with E-state index in [0.29, 0.717) is 13.1 Å². The van der Waals surface area contributed by atoms with E-state index in [-0.39, 0.29) is 16.7 Å². The zero-order valence-corrected chi connectivity index (χ0v) is 13.5. The fourth-order valence-corrected chi connectivity index (χ4v) is 3.94. The third kappa shape index (κ3) is 4.82. The molecule has 5 nitrogen and oxygen atoms in total. The van der Waals surface area contributed by atoms with Gasteiger partial charge >= 0.3 is 6.18 Å². The molecule has 9 heteroatoms. The molecule has 1 aromatic rings. The van der Waals surface area contributed by atoms with Crippen molar-refractivity contribution in [2.45, 2.75) is 30.0 Å². The standard InChI is InChI=1S/C14H19F3N2O3S/c1-18-11-3-2-8-19(9-11)23(20,21)13-6-4-12(5-7-13)22-10-14(15,16)17/h4-7,11,18H,2-3,8-10H2,1H3. The van der Waals surface area contributed by atoms with Crippen molar-refractivity contribution >= 4 is 10.0 Å². The van der Waals surface area contributed by atoms with E-state index >= 15 is 0 Å². The quantitative estimate of drug-likeness (QED) is 0.881. The average molecular weight is 352 g/mol. The van der Waals surface area contributed by atoms with E-state index in [2.05, 4.69) is 10.1 Å². The third-order valence-corrected chi connectivity index (χ3v) is 5.54. The maximum atomic E-state index is 12.6. The molecule has 0 radical (unpaired) electrons. The number of nitrogens with zero attached hydrogens (tertiary/aromatic N) is 1. The molecule has 1 atom stereocenters. The number of sulfonamides is 1. The normalized spacial score (nSPS) is 20.4. The molecule has 1 unspecified atom stereocenters. The molecule has 0 aromatic heterocycles. The summed E-state index contributed by atoms with van der Waals surface area (Å²) < 4.78 is 67.3. The molecule has 1 aliphatic rings. The zero-order valence-electron chi connectivity index (χ0n) is 12.6. The summed E-state index contributed by atoms with van der Waals surface area (Å²) >= 11 is 0. The molecule has 0 amide bonds. The molecule has 2 rings (SSSR count). The highest BCUT2D eigenvalue weighted by atomic mass is 32.2. The molecule has 1 aliphatic heterocycles. The van der Waals surface area contributed by atoms with Gasteiger partial charge in [-0.25, -0.2) is 8.42 Å². The number of ether oxygens (including phenoxy) is 1. The summed E-state index contributed by atoms with van der Waals surface area (Å²) in [5.74, 6) is -0.0204. The van der Waals surface area contributed by atoms with Crippen LogP contribution in [-0.4, -0.2) is 51.7 Å². The first-order chi connectivity index (χ1) is 10.7. The number of piperidine rings is 1. The summed E-state index contributed by atoms with van der Waals surface area (Å²) in [6, 6.07) is 5.11. The van der Waals surface area contributed by atoms with Crippen LogP contribution < -0.4 is 10.1 Å². The minimum Gasteiger partial charge on any atom is -0.484 e. The molecule has 130 valence electrons. The smallest absolute Gasteiger partial charge is 0.422 e. The summed E-state index contributed by atoms with van der Waals surface area (Å²) in [7, 11) is -1.86. The molecule has 1 fully saturated rings. The first-order valence-corrected chi connectivity index (χ1v) is 8.63. The van der Waals surface area contributed by atoms with Crippen LogP contribution in [0.1, 0.15) is 12.8 Å². The molecule has 0 spiro atoms. The number of hydrogen-bond acceptors (Lipinski definition) is 4. The number of rotatable bonds is 5. The molecule has 0 bridgehead atoms. The SMILES string of the molecule is CNC1CCCN(S(=O)(=O)c2ccc(OCC(F)(F)F)cc2)C1. The average Bonchev–Trinajstić information content (AvgIpc) is 2.52. The van der Waals surface area contributed by atoms with Gasteiger partial charge in [0.2, 0.25) is 10.0 Å². The molecule has 23 heavy (non-hydrogen) atoms. The van der Waals surface area contributed by atoms with Crippen molar-refractivity contribution in [3.8, 4) is 5.75 Å². The van der Waals surface area contributed by atoms with Gasteiger partial charge in [0, 0.05) is 19.1 Å². The van der Waals surface area contributed by atoms with Crippen LogP contribution in [0.3, 0.4) is 0 Å². The number of nitrogens with one attached hydrogen (secondary N) is 1. The van der Waals surface area contributed by atoms with Crippen molar-refractivity contribution < 1.29 is 26.3 Å². The minimum absolute atomic E-state index is 0.0204. The van der Waals surface area contributed by atoms with Gasteiger partial charge in [0.15, 0.2) is 6.61 Å². The highest BCUT2D eigenvalue weighted by Crippen LogP contribution is 2.24. The zero-order chi connectivity index (χ0) is 17.1. The first kappa shape index (κ1) is 18.0. The van der Waals surface area contributed by atoms with E-state index in [1.807, 2.05) is 0 Å². The van der Waals surface area contributed by atoms with Gasteiger partial charge in [0.25, 0.3) is 0 Å². The Bertz CT molecular complexity index is 617. The first-order valence-electron chi connectivity index (χ1n) is 7.19. The van der Waals surface area contributed by atoms with Gasteiger partial charge in [-0.1, -0.05) is 0 Å². The molecule has 1 heterocycles. The topological polar surface area (TPSA) is 58.6 Å². The second-order valence-corrected chi connectivity index (χ2v) is 7.30. The van der Waals surface area contributed by atoms with Crippen molar-refractivity contribution in [1.29, 1.82) is 0 Å². The molecule has 0 aliphatic carbocycles. The Morgan fingerprint density at radius 1 is 1.30 bits per heavy atom. The van der Waals surface area contributed by atoms with Crippen molar-refractivity contribution in [1.82, 2.24) is 9.62 Å². The summed E-state index contributed by atoms with van der Waals surface area (Å²) in [6.45, 7) is -0.590. The van der Waals surface area contributed by atoms with Gasteiger partial charge < -0.3 is 10.1 Å². The van der Waals surface area contributed by atoms with Gasteiger partial charge in [-0.3, -0.25) is 0 Å². The molecule has 0 saturated carbocycles. The molecular weight excluding hydrogens is 333 g/mol. The van der Waals surface area contributed by atoms with Crippen LogP contribution in [0.25, 0.3) is 0 Å². The molecule has 1 N–H and O–H groups in total. The summed E-state index contributed by atoms with van der Waals surface area (Å²) in [4.78, 5) is 0.0496. The predicted molar refractivity (Wildman–Crippen MR) is 78.8 cm³/mol. The number of benzene rings is 1. The minimum atomic E-state index is -4.43. The number of halogens is 3. The fourth-order valence-electron chi connectivity index (χ4n) is 2.42. The van der Waals surface area contributed by atoms with Gasteiger partial charge in [-0.2, -0.15) is 17.5 Å². The van der Waals surface area contributed by atoms with E-state index in [1.165, 1.54) is 28.6 Å². The fraction of sp³-hybridized carbons (Fsp3) is 0.571. The summed E-state index contributed by atoms with van der Waals surface area (Å²) in [6.07, 6.45) is -2.76. The monoisotopic (exact) mass is 352 g/mol. The van der Waals surface area contributed by atoms with Crippen LogP contribution in [0, 0.1) is 0 Å². The van der Waals surface area contributed by atoms with Crippen LogP contribution >= 0.6 is 0 Å². The predicted octanol–water partition coefficient (Wildman–Crippen LogP) is 2.00. The van der Waals surface area contributed by atoms with Crippen molar-refractivity contribution in [3.05, 3.63) is 24.3 Å². The Balaban J connectivity index is 2.08. The van der Waals surface area contributed by atoms with Crippen LogP contribution in [-0.2, 0) is 10.0 Å². The van der Waals surface area contributed by atoms with Crippen LogP contribution in [0.4, 0.5) is 13.2 Å². The van der Waals surface area contributed by atoms with E-state index in [0.717, 1.165) is 12.8 Å². The largest absolute Gasteiger partial charge is 0.484 e. The Labute approximate surface area is 133 Å². The second-order valence-electron chi connectivity index (χ2n) is 5.37. The third-order valence-electron chi connectivity index (χ3n) is 3.66. The van der Waals surface area contributed by atoms with Gasteiger partial charge in [0.1, 0.15) is 5.75 Å². The number of likely N-dealkylation sites (N-methyl/N-ethyl adjacent to an activating group) is 1. The molecular formula is C14H19F3N2O3S. The Kier molecular flexibility index (Phi) is 5.53. The summed E-state index contributed by atoms with van der Waals surface area (Å²) in [5.41, 5.74) is 0. The van der Waals surface area contributed by atoms with E-state index in [1.54, 1.807) is 7.05 Å². The lowest BCUT2D eigenvalue weighted by Gasteiger charge is -2.31. The highest BCUT2D eigenvalue weighted by molar-refractivity contribution is 7.89. The van der Waals surface area contributed by atoms with E-state index in [9.17, 15) is 21.6 Å². The van der Waals surface area contributed by atoms with Crippen molar-refractivity contribution in [2.75, 3.05) is 26.7 Å². The highest BCUT2D eigenvalue weighted by Gasteiger charge is 2.30. The van der Waals surface area contributed by atoms with Gasteiger partial charge in [0.05, 0.1) is 4.90 Å².